The van der Waals surface area contributed by atoms with Crippen molar-refractivity contribution in [2.24, 2.45) is 0 Å². The van der Waals surface area contributed by atoms with E-state index in [1.54, 1.807) is 6.07 Å². The van der Waals surface area contributed by atoms with Crippen molar-refractivity contribution < 1.29 is 18.0 Å². The number of nitrogens with one attached hydrogen (secondary N) is 1. The minimum Gasteiger partial charge on any atom is -0.383 e. The molecule has 1 aliphatic rings. The number of alkyl halides is 3. The summed E-state index contributed by atoms with van der Waals surface area (Å²) in [6, 6.07) is 8.95. The topological polar surface area (TPSA) is 102 Å². The summed E-state index contributed by atoms with van der Waals surface area (Å²) in [7, 11) is 2.08. The van der Waals surface area contributed by atoms with E-state index in [0.29, 0.717) is 33.0 Å². The fraction of sp³-hybridized carbons (Fsp3) is 0.259. The molecule has 3 N–H and O–H groups in total. The minimum atomic E-state index is -4.56. The second kappa shape index (κ2) is 10.6. The number of rotatable bonds is 3. The molecule has 0 aliphatic carbocycles. The number of amides is 1. The number of nitrogens with two attached hydrogens (primary N) is 1. The zero-order chi connectivity index (χ0) is 27.7. The molecule has 0 bridgehead atoms. The molecule has 0 saturated carbocycles. The molecule has 3 heterocycles. The van der Waals surface area contributed by atoms with Crippen LogP contribution in [0.5, 0.6) is 0 Å². The van der Waals surface area contributed by atoms with Crippen LogP contribution in [-0.4, -0.2) is 50.7 Å². The highest BCUT2D eigenvalue weighted by atomic mass is 35.5. The fourth-order valence-corrected chi connectivity index (χ4v) is 4.61. The van der Waals surface area contributed by atoms with Crippen LogP contribution in [0, 0.1) is 11.8 Å². The van der Waals surface area contributed by atoms with Crippen LogP contribution in [-0.2, 0) is 6.18 Å². The summed E-state index contributed by atoms with van der Waals surface area (Å²) in [5, 5.41) is 8.19. The molecule has 12 heteroatoms. The van der Waals surface area contributed by atoms with Crippen molar-refractivity contribution in [3.05, 3.63) is 76.2 Å². The maximum atomic E-state index is 13.0. The maximum Gasteiger partial charge on any atom is 0.416 e. The Bertz CT molecular complexity index is 1620. The summed E-state index contributed by atoms with van der Waals surface area (Å²) >= 11 is 6.36. The normalized spacial score (nSPS) is 14.7. The summed E-state index contributed by atoms with van der Waals surface area (Å²) in [6.45, 7) is 1.87. The molecule has 2 aromatic carbocycles. The van der Waals surface area contributed by atoms with Crippen LogP contribution in [0.2, 0.25) is 5.02 Å². The Labute approximate surface area is 227 Å². The molecule has 5 rings (SSSR count). The molecule has 1 aliphatic heterocycles. The quantitative estimate of drug-likeness (QED) is 0.346. The summed E-state index contributed by atoms with van der Waals surface area (Å²) < 4.78 is 41.0. The van der Waals surface area contributed by atoms with Gasteiger partial charge in [-0.05, 0) is 75.3 Å². The van der Waals surface area contributed by atoms with Crippen LogP contribution in [0.1, 0.15) is 46.1 Å². The molecule has 0 unspecified atom stereocenters. The van der Waals surface area contributed by atoms with Crippen LogP contribution in [0.25, 0.3) is 11.0 Å². The first-order valence-corrected chi connectivity index (χ1v) is 12.5. The van der Waals surface area contributed by atoms with Crippen molar-refractivity contribution in [1.29, 1.82) is 0 Å². The third-order valence-corrected chi connectivity index (χ3v) is 6.87. The molecule has 0 spiro atoms. The number of aromatic nitrogens is 4. The van der Waals surface area contributed by atoms with Crippen LogP contribution >= 0.6 is 11.6 Å². The number of piperidine rings is 1. The number of anilines is 2. The SMILES string of the molecule is CN1CCC(n2nc(C#Cc3cc(NC(=O)c4cccc(C(F)(F)F)c4)ccc3Cl)c3c(N)ncnc32)CC1. The van der Waals surface area contributed by atoms with Gasteiger partial charge < -0.3 is 16.0 Å². The number of fused-ring (bicyclic) bond motifs is 1. The van der Waals surface area contributed by atoms with Crippen molar-refractivity contribution in [3.63, 3.8) is 0 Å². The van der Waals surface area contributed by atoms with E-state index >= 15 is 0 Å². The second-order valence-corrected chi connectivity index (χ2v) is 9.67. The first kappa shape index (κ1) is 26.5. The predicted octanol–water partition coefficient (Wildman–Crippen LogP) is 5.00. The summed E-state index contributed by atoms with van der Waals surface area (Å²) in [5.74, 6) is 5.55. The second-order valence-electron chi connectivity index (χ2n) is 9.26. The Morgan fingerprint density at radius 2 is 1.90 bits per heavy atom. The fourth-order valence-electron chi connectivity index (χ4n) is 4.44. The molecule has 0 atom stereocenters. The zero-order valence-electron chi connectivity index (χ0n) is 20.8. The molecule has 39 heavy (non-hydrogen) atoms. The van der Waals surface area contributed by atoms with E-state index in [9.17, 15) is 18.0 Å². The third kappa shape index (κ3) is 5.67. The number of likely N-dealkylation sites (tertiary alicyclic amines) is 1. The highest BCUT2D eigenvalue weighted by Gasteiger charge is 2.31. The molecule has 200 valence electrons. The van der Waals surface area contributed by atoms with E-state index in [4.69, 9.17) is 22.4 Å². The molecule has 4 aromatic rings. The lowest BCUT2D eigenvalue weighted by Crippen LogP contribution is -2.32. The lowest BCUT2D eigenvalue weighted by molar-refractivity contribution is -0.137. The molecular weight excluding hydrogens is 531 g/mol. The largest absolute Gasteiger partial charge is 0.416 e. The molecule has 0 radical (unpaired) electrons. The molecule has 2 aromatic heterocycles. The molecule has 8 nitrogen and oxygen atoms in total. The Morgan fingerprint density at radius 1 is 1.13 bits per heavy atom. The predicted molar refractivity (Wildman–Crippen MR) is 142 cm³/mol. The Morgan fingerprint density at radius 3 is 2.64 bits per heavy atom. The van der Waals surface area contributed by atoms with Crippen LogP contribution in [0.3, 0.4) is 0 Å². The van der Waals surface area contributed by atoms with E-state index < -0.39 is 17.6 Å². The standard InChI is InChI=1S/C27H23ClF3N7O/c1-37-11-9-20(10-12-37)38-25-23(24(32)33-15-34-25)22(36-38)8-5-16-14-19(6-7-21(16)28)35-26(39)17-3-2-4-18(13-17)27(29,30)31/h2-4,6-7,13-15,20H,9-12H2,1H3,(H,35,39)(H2,32,33,34). The van der Waals surface area contributed by atoms with Gasteiger partial charge in [0.1, 0.15) is 17.8 Å². The summed E-state index contributed by atoms with van der Waals surface area (Å²) in [5.41, 5.74) is 6.83. The molecular formula is C27H23ClF3N7O. The molecule has 1 saturated heterocycles. The van der Waals surface area contributed by atoms with Crippen molar-refractivity contribution >= 4 is 40.0 Å². The van der Waals surface area contributed by atoms with Crippen molar-refractivity contribution in [2.45, 2.75) is 25.1 Å². The third-order valence-electron chi connectivity index (χ3n) is 6.54. The van der Waals surface area contributed by atoms with E-state index in [1.807, 2.05) is 4.68 Å². The number of hydrogen-bond acceptors (Lipinski definition) is 6. The Kier molecular flexibility index (Phi) is 7.16. The monoisotopic (exact) mass is 553 g/mol. The van der Waals surface area contributed by atoms with Crippen LogP contribution in [0.15, 0.2) is 48.8 Å². The van der Waals surface area contributed by atoms with Gasteiger partial charge in [-0.25, -0.2) is 14.6 Å². The zero-order valence-corrected chi connectivity index (χ0v) is 21.5. The minimum absolute atomic E-state index is 0.131. The first-order chi connectivity index (χ1) is 18.6. The van der Waals surface area contributed by atoms with Crippen LogP contribution < -0.4 is 11.1 Å². The number of benzene rings is 2. The highest BCUT2D eigenvalue weighted by Crippen LogP contribution is 2.31. The summed E-state index contributed by atoms with van der Waals surface area (Å²) in [6.07, 6.45) is -1.35. The van der Waals surface area contributed by atoms with E-state index in [1.165, 1.54) is 30.6 Å². The van der Waals surface area contributed by atoms with Crippen molar-refractivity contribution in [3.8, 4) is 11.8 Å². The molecule has 1 fully saturated rings. The van der Waals surface area contributed by atoms with Gasteiger partial charge in [0.15, 0.2) is 5.65 Å². The van der Waals surface area contributed by atoms with Gasteiger partial charge in [-0.2, -0.15) is 18.3 Å². The highest BCUT2D eigenvalue weighted by molar-refractivity contribution is 6.31. The average molecular weight is 554 g/mol. The first-order valence-electron chi connectivity index (χ1n) is 12.1. The lowest BCUT2D eigenvalue weighted by atomic mass is 10.1. The van der Waals surface area contributed by atoms with E-state index in [2.05, 4.69) is 39.1 Å². The van der Waals surface area contributed by atoms with Crippen molar-refractivity contribution in [2.75, 3.05) is 31.2 Å². The lowest BCUT2D eigenvalue weighted by Gasteiger charge is -2.29. The van der Waals surface area contributed by atoms with E-state index in [0.717, 1.165) is 38.1 Å². The van der Waals surface area contributed by atoms with Crippen LogP contribution in [0.4, 0.5) is 24.7 Å². The van der Waals surface area contributed by atoms with Gasteiger partial charge in [-0.3, -0.25) is 4.79 Å². The smallest absolute Gasteiger partial charge is 0.383 e. The van der Waals surface area contributed by atoms with Gasteiger partial charge in [0.2, 0.25) is 0 Å². The van der Waals surface area contributed by atoms with Gasteiger partial charge in [0.05, 0.1) is 22.0 Å². The van der Waals surface area contributed by atoms with E-state index in [-0.39, 0.29) is 17.4 Å². The number of nitrogen functional groups attached to an aromatic ring is 1. The Hall–Kier alpha value is -4.14. The van der Waals surface area contributed by atoms with Gasteiger partial charge in [-0.15, -0.1) is 0 Å². The van der Waals surface area contributed by atoms with Gasteiger partial charge >= 0.3 is 6.18 Å². The average Bonchev–Trinajstić information content (AvgIpc) is 3.29. The van der Waals surface area contributed by atoms with Crippen molar-refractivity contribution in [1.82, 2.24) is 24.6 Å². The number of carbonyl (C=O) groups is 1. The number of nitrogens with zero attached hydrogens (tertiary/aromatic N) is 5. The number of hydrogen-bond donors (Lipinski definition) is 2. The number of carbonyl (C=O) groups excluding carboxylic acids is 1. The molecule has 1 amide bonds. The number of halogens is 4. The summed E-state index contributed by atoms with van der Waals surface area (Å²) in [4.78, 5) is 23.4. The van der Waals surface area contributed by atoms with Gasteiger partial charge in [0.25, 0.3) is 5.91 Å². The van der Waals surface area contributed by atoms with Gasteiger partial charge in [0, 0.05) is 16.8 Å². The maximum absolute atomic E-state index is 13.0. The Balaban J connectivity index is 1.44. The van der Waals surface area contributed by atoms with Gasteiger partial charge in [-0.1, -0.05) is 23.6 Å².